The molecular formula is C19H20N2S. The van der Waals surface area contributed by atoms with E-state index in [1.165, 1.54) is 28.8 Å². The number of para-hydroxylation sites is 1. The number of benzene rings is 1. The quantitative estimate of drug-likeness (QED) is 0.647. The van der Waals surface area contributed by atoms with E-state index >= 15 is 0 Å². The van der Waals surface area contributed by atoms with Gasteiger partial charge in [-0.15, -0.1) is 11.3 Å². The van der Waals surface area contributed by atoms with E-state index in [2.05, 4.69) is 59.7 Å². The molecule has 2 nitrogen and oxygen atoms in total. The first kappa shape index (κ1) is 13.8. The summed E-state index contributed by atoms with van der Waals surface area (Å²) in [6.45, 7) is 4.66. The Morgan fingerprint density at radius 3 is 2.91 bits per heavy atom. The summed E-state index contributed by atoms with van der Waals surface area (Å²) < 4.78 is 0. The number of hydrogen-bond acceptors (Lipinski definition) is 3. The number of aromatic nitrogens is 1. The molecule has 3 aromatic rings. The Labute approximate surface area is 135 Å². The number of rotatable bonds is 2. The lowest BCUT2D eigenvalue weighted by Gasteiger charge is -2.33. The number of anilines is 1. The van der Waals surface area contributed by atoms with Gasteiger partial charge in [-0.2, -0.15) is 0 Å². The molecule has 0 saturated carbocycles. The van der Waals surface area contributed by atoms with E-state index < -0.39 is 0 Å². The van der Waals surface area contributed by atoms with Crippen LogP contribution in [0.3, 0.4) is 0 Å². The SMILES string of the molecule is C[C@@H]1CCCN(c2cc(-c3cccs3)nc3ccccc23)C1. The standard InChI is InChI=1S/C19H20N2S/c1-14-6-4-10-21(13-14)18-12-17(19-9-5-11-22-19)20-16-8-3-2-7-15(16)18/h2-3,5,7-9,11-12,14H,4,6,10,13H2,1H3/t14-/m1/s1. The van der Waals surface area contributed by atoms with Crippen LogP contribution in [-0.2, 0) is 0 Å². The zero-order chi connectivity index (χ0) is 14.9. The molecule has 0 amide bonds. The summed E-state index contributed by atoms with van der Waals surface area (Å²) >= 11 is 1.76. The number of fused-ring (bicyclic) bond motifs is 1. The van der Waals surface area contributed by atoms with Crippen LogP contribution in [0, 0.1) is 5.92 Å². The van der Waals surface area contributed by atoms with Crippen molar-refractivity contribution in [1.82, 2.24) is 4.98 Å². The minimum Gasteiger partial charge on any atom is -0.371 e. The van der Waals surface area contributed by atoms with Crippen LogP contribution < -0.4 is 4.90 Å². The number of nitrogens with zero attached hydrogens (tertiary/aromatic N) is 2. The monoisotopic (exact) mass is 308 g/mol. The van der Waals surface area contributed by atoms with Crippen molar-refractivity contribution >= 4 is 27.9 Å². The van der Waals surface area contributed by atoms with E-state index in [0.717, 1.165) is 30.2 Å². The average Bonchev–Trinajstić information content (AvgIpc) is 3.08. The molecule has 1 atom stereocenters. The number of pyridine rings is 1. The molecule has 1 fully saturated rings. The minimum absolute atomic E-state index is 0.769. The van der Waals surface area contributed by atoms with Crippen LogP contribution >= 0.6 is 11.3 Å². The van der Waals surface area contributed by atoms with Crippen LogP contribution in [0.1, 0.15) is 19.8 Å². The number of thiophene rings is 1. The Kier molecular flexibility index (Phi) is 3.59. The fourth-order valence-corrected chi connectivity index (χ4v) is 4.06. The third kappa shape index (κ3) is 2.50. The van der Waals surface area contributed by atoms with Crippen molar-refractivity contribution < 1.29 is 0 Å². The van der Waals surface area contributed by atoms with Gasteiger partial charge < -0.3 is 4.90 Å². The van der Waals surface area contributed by atoms with Gasteiger partial charge in [0.2, 0.25) is 0 Å². The van der Waals surface area contributed by atoms with E-state index in [4.69, 9.17) is 4.98 Å². The number of piperidine rings is 1. The Morgan fingerprint density at radius 1 is 1.18 bits per heavy atom. The summed E-state index contributed by atoms with van der Waals surface area (Å²) in [5.74, 6) is 0.769. The van der Waals surface area contributed by atoms with E-state index in [1.54, 1.807) is 11.3 Å². The molecule has 0 bridgehead atoms. The first-order valence-electron chi connectivity index (χ1n) is 8.00. The lowest BCUT2D eigenvalue weighted by Crippen LogP contribution is -2.34. The summed E-state index contributed by atoms with van der Waals surface area (Å²) in [6.07, 6.45) is 2.63. The zero-order valence-electron chi connectivity index (χ0n) is 12.8. The first-order chi connectivity index (χ1) is 10.8. The second-order valence-electron chi connectivity index (χ2n) is 6.21. The highest BCUT2D eigenvalue weighted by Gasteiger charge is 2.19. The highest BCUT2D eigenvalue weighted by atomic mass is 32.1. The smallest absolute Gasteiger partial charge is 0.0830 e. The molecule has 112 valence electrons. The second-order valence-corrected chi connectivity index (χ2v) is 7.16. The summed E-state index contributed by atoms with van der Waals surface area (Å²) in [5.41, 5.74) is 3.55. The maximum atomic E-state index is 4.88. The molecule has 0 spiro atoms. The highest BCUT2D eigenvalue weighted by molar-refractivity contribution is 7.13. The maximum Gasteiger partial charge on any atom is 0.0830 e. The third-order valence-corrected chi connectivity index (χ3v) is 5.36. The van der Waals surface area contributed by atoms with Crippen molar-refractivity contribution in [3.05, 3.63) is 47.8 Å². The predicted octanol–water partition coefficient (Wildman–Crippen LogP) is 5.20. The molecule has 0 radical (unpaired) electrons. The van der Waals surface area contributed by atoms with Crippen molar-refractivity contribution in [2.75, 3.05) is 18.0 Å². The molecule has 3 heterocycles. The molecule has 0 N–H and O–H groups in total. The molecular weight excluding hydrogens is 288 g/mol. The van der Waals surface area contributed by atoms with Crippen molar-refractivity contribution in [1.29, 1.82) is 0 Å². The Bertz CT molecular complexity index is 779. The van der Waals surface area contributed by atoms with Crippen molar-refractivity contribution in [2.45, 2.75) is 19.8 Å². The topological polar surface area (TPSA) is 16.1 Å². The van der Waals surface area contributed by atoms with Crippen molar-refractivity contribution in [3.8, 4) is 10.6 Å². The molecule has 1 aliphatic heterocycles. The molecule has 1 aliphatic rings. The van der Waals surface area contributed by atoms with Crippen molar-refractivity contribution in [2.24, 2.45) is 5.92 Å². The summed E-state index contributed by atoms with van der Waals surface area (Å²) in [4.78, 5) is 8.67. The van der Waals surface area contributed by atoms with Gasteiger partial charge >= 0.3 is 0 Å². The van der Waals surface area contributed by atoms with E-state index in [-0.39, 0.29) is 0 Å². The lowest BCUT2D eigenvalue weighted by molar-refractivity contribution is 0.447. The van der Waals surface area contributed by atoms with Gasteiger partial charge in [-0.05, 0) is 42.3 Å². The van der Waals surface area contributed by atoms with Crippen molar-refractivity contribution in [3.63, 3.8) is 0 Å². The van der Waals surface area contributed by atoms with Gasteiger partial charge in [0.15, 0.2) is 0 Å². The molecule has 22 heavy (non-hydrogen) atoms. The zero-order valence-corrected chi connectivity index (χ0v) is 13.6. The predicted molar refractivity (Wildman–Crippen MR) is 95.7 cm³/mol. The number of hydrogen-bond donors (Lipinski definition) is 0. The van der Waals surface area contributed by atoms with Gasteiger partial charge in [0.05, 0.1) is 16.1 Å². The van der Waals surface area contributed by atoms with Crippen LogP contribution in [0.25, 0.3) is 21.5 Å². The van der Waals surface area contributed by atoms with E-state index in [1.807, 2.05) is 0 Å². The van der Waals surface area contributed by atoms with Gasteiger partial charge in [0.1, 0.15) is 0 Å². The van der Waals surface area contributed by atoms with Gasteiger partial charge in [0.25, 0.3) is 0 Å². The van der Waals surface area contributed by atoms with E-state index in [9.17, 15) is 0 Å². The normalized spacial score (nSPS) is 18.8. The molecule has 2 aromatic heterocycles. The average molecular weight is 308 g/mol. The molecule has 1 aromatic carbocycles. The summed E-state index contributed by atoms with van der Waals surface area (Å²) in [7, 11) is 0. The Hall–Kier alpha value is -1.87. The van der Waals surface area contributed by atoms with E-state index in [0.29, 0.717) is 0 Å². The van der Waals surface area contributed by atoms with Gasteiger partial charge in [-0.3, -0.25) is 0 Å². The van der Waals surface area contributed by atoms with Gasteiger partial charge in [-0.25, -0.2) is 4.98 Å². The molecule has 0 aliphatic carbocycles. The van der Waals surface area contributed by atoms with Gasteiger partial charge in [-0.1, -0.05) is 31.2 Å². The lowest BCUT2D eigenvalue weighted by atomic mass is 9.99. The largest absolute Gasteiger partial charge is 0.371 e. The van der Waals surface area contributed by atoms with Crippen LogP contribution in [0.2, 0.25) is 0 Å². The van der Waals surface area contributed by atoms with Crippen LogP contribution in [0.15, 0.2) is 47.8 Å². The Balaban J connectivity index is 1.87. The third-order valence-electron chi connectivity index (χ3n) is 4.47. The fraction of sp³-hybridized carbons (Fsp3) is 0.316. The Morgan fingerprint density at radius 2 is 2.09 bits per heavy atom. The van der Waals surface area contributed by atoms with Crippen LogP contribution in [0.5, 0.6) is 0 Å². The summed E-state index contributed by atoms with van der Waals surface area (Å²) in [5, 5.41) is 3.39. The van der Waals surface area contributed by atoms with Gasteiger partial charge in [0, 0.05) is 24.2 Å². The highest BCUT2D eigenvalue weighted by Crippen LogP contribution is 2.34. The minimum atomic E-state index is 0.769. The molecule has 0 unspecified atom stereocenters. The molecule has 4 rings (SSSR count). The van der Waals surface area contributed by atoms with Crippen LogP contribution in [0.4, 0.5) is 5.69 Å². The first-order valence-corrected chi connectivity index (χ1v) is 8.88. The fourth-order valence-electron chi connectivity index (χ4n) is 3.38. The van der Waals surface area contributed by atoms with Crippen LogP contribution in [-0.4, -0.2) is 18.1 Å². The second kappa shape index (κ2) is 5.73. The summed E-state index contributed by atoms with van der Waals surface area (Å²) in [6, 6.07) is 15.1. The molecule has 1 saturated heterocycles. The maximum absolute atomic E-state index is 4.88. The molecule has 3 heteroatoms.